The number of aromatic nitrogens is 1. The fourth-order valence-electron chi connectivity index (χ4n) is 1.65. The summed E-state index contributed by atoms with van der Waals surface area (Å²) in [7, 11) is -3.85. The minimum atomic E-state index is -3.85. The van der Waals surface area contributed by atoms with Gasteiger partial charge < -0.3 is 5.11 Å². The molecule has 1 aromatic heterocycles. The van der Waals surface area contributed by atoms with Crippen LogP contribution in [0.4, 0.5) is 5.69 Å². The van der Waals surface area contributed by atoms with Crippen molar-refractivity contribution in [1.82, 2.24) is 4.98 Å². The summed E-state index contributed by atoms with van der Waals surface area (Å²) in [6, 6.07) is 7.55. The highest BCUT2D eigenvalue weighted by atomic mass is 32.2. The average Bonchev–Trinajstić information content (AvgIpc) is 2.38. The number of carbonyl (C=O) groups is 1. The highest BCUT2D eigenvalue weighted by Gasteiger charge is 2.18. The molecule has 6 nitrogen and oxygen atoms in total. The molecule has 0 unspecified atom stereocenters. The molecule has 0 saturated heterocycles. The zero-order chi connectivity index (χ0) is 14.8. The minimum Gasteiger partial charge on any atom is -0.478 e. The minimum absolute atomic E-state index is 0.0673. The maximum absolute atomic E-state index is 12.2. The molecule has 0 aliphatic rings. The Morgan fingerprint density at radius 1 is 1.30 bits per heavy atom. The predicted octanol–water partition coefficient (Wildman–Crippen LogP) is 1.89. The Hall–Kier alpha value is -2.41. The zero-order valence-corrected chi connectivity index (χ0v) is 11.4. The van der Waals surface area contributed by atoms with Crippen molar-refractivity contribution in [2.24, 2.45) is 0 Å². The molecule has 7 heteroatoms. The van der Waals surface area contributed by atoms with E-state index < -0.39 is 16.0 Å². The summed E-state index contributed by atoms with van der Waals surface area (Å²) in [4.78, 5) is 14.8. The Morgan fingerprint density at radius 3 is 2.70 bits per heavy atom. The van der Waals surface area contributed by atoms with Gasteiger partial charge in [0, 0.05) is 6.20 Å². The second-order valence-corrected chi connectivity index (χ2v) is 5.83. The van der Waals surface area contributed by atoms with E-state index in [9.17, 15) is 13.2 Å². The first-order valence-corrected chi connectivity index (χ1v) is 7.15. The molecule has 2 aromatic rings. The van der Waals surface area contributed by atoms with Crippen molar-refractivity contribution < 1.29 is 18.3 Å². The van der Waals surface area contributed by atoms with Gasteiger partial charge in [-0.2, -0.15) is 0 Å². The second kappa shape index (κ2) is 5.30. The highest BCUT2D eigenvalue weighted by Crippen LogP contribution is 2.19. The van der Waals surface area contributed by atoms with Crippen LogP contribution in [0.1, 0.15) is 15.9 Å². The molecule has 1 aromatic carbocycles. The van der Waals surface area contributed by atoms with Crippen LogP contribution < -0.4 is 4.72 Å². The van der Waals surface area contributed by atoms with E-state index in [1.807, 2.05) is 0 Å². The molecule has 0 saturated carbocycles. The summed E-state index contributed by atoms with van der Waals surface area (Å²) in [6.07, 6.45) is 2.45. The lowest BCUT2D eigenvalue weighted by molar-refractivity contribution is 0.0698. The van der Waals surface area contributed by atoms with E-state index in [-0.39, 0.29) is 16.1 Å². The summed E-state index contributed by atoms with van der Waals surface area (Å²) in [5.74, 6) is -1.23. The first-order chi connectivity index (χ1) is 9.40. The Labute approximate surface area is 116 Å². The molecular weight excluding hydrogens is 280 g/mol. The van der Waals surface area contributed by atoms with Gasteiger partial charge in [-0.1, -0.05) is 12.1 Å². The lowest BCUT2D eigenvalue weighted by Gasteiger charge is -2.10. The van der Waals surface area contributed by atoms with Crippen LogP contribution in [0.3, 0.4) is 0 Å². The number of rotatable bonds is 4. The molecule has 2 N–H and O–H groups in total. The molecular formula is C13H12N2O4S. The van der Waals surface area contributed by atoms with Gasteiger partial charge in [-0.15, -0.1) is 0 Å². The van der Waals surface area contributed by atoms with Gasteiger partial charge in [0.1, 0.15) is 0 Å². The number of hydrogen-bond donors (Lipinski definition) is 2. The van der Waals surface area contributed by atoms with Gasteiger partial charge in [0.25, 0.3) is 10.0 Å². The van der Waals surface area contributed by atoms with Crippen LogP contribution in [0, 0.1) is 6.92 Å². The van der Waals surface area contributed by atoms with Crippen molar-refractivity contribution >= 4 is 21.7 Å². The van der Waals surface area contributed by atoms with Crippen molar-refractivity contribution in [2.75, 3.05) is 4.72 Å². The number of nitrogens with one attached hydrogen (secondary N) is 1. The smallest absolute Gasteiger partial charge is 0.337 e. The molecule has 0 bridgehead atoms. The van der Waals surface area contributed by atoms with Crippen molar-refractivity contribution in [3.05, 3.63) is 53.9 Å². The van der Waals surface area contributed by atoms with Gasteiger partial charge >= 0.3 is 5.97 Å². The van der Waals surface area contributed by atoms with Crippen LogP contribution in [0.2, 0.25) is 0 Å². The topological polar surface area (TPSA) is 96.4 Å². The van der Waals surface area contributed by atoms with Crippen molar-refractivity contribution in [3.8, 4) is 0 Å². The predicted molar refractivity (Wildman–Crippen MR) is 73.2 cm³/mol. The highest BCUT2D eigenvalue weighted by molar-refractivity contribution is 7.92. The van der Waals surface area contributed by atoms with E-state index in [1.54, 1.807) is 19.1 Å². The number of aryl methyl sites for hydroxylation is 1. The molecule has 0 spiro atoms. The third kappa shape index (κ3) is 2.94. The largest absolute Gasteiger partial charge is 0.478 e. The molecule has 0 aliphatic carbocycles. The molecule has 0 fully saturated rings. The number of sulfonamides is 1. The van der Waals surface area contributed by atoms with Crippen LogP contribution in [0.5, 0.6) is 0 Å². The van der Waals surface area contributed by atoms with Crippen LogP contribution in [-0.4, -0.2) is 24.5 Å². The number of benzene rings is 1. The van der Waals surface area contributed by atoms with E-state index in [1.165, 1.54) is 24.4 Å². The number of carboxylic acids is 1. The zero-order valence-electron chi connectivity index (χ0n) is 10.6. The number of anilines is 1. The second-order valence-electron chi connectivity index (χ2n) is 4.15. The summed E-state index contributed by atoms with van der Waals surface area (Å²) in [5, 5.41) is 9.01. The van der Waals surface area contributed by atoms with Crippen LogP contribution in [-0.2, 0) is 10.0 Å². The number of nitrogens with zero attached hydrogens (tertiary/aromatic N) is 1. The fraction of sp³-hybridized carbons (Fsp3) is 0.0769. The Balaban J connectivity index is 2.41. The molecule has 20 heavy (non-hydrogen) atoms. The van der Waals surface area contributed by atoms with E-state index in [0.29, 0.717) is 0 Å². The van der Waals surface area contributed by atoms with E-state index >= 15 is 0 Å². The third-order valence-corrected chi connectivity index (χ3v) is 3.96. The average molecular weight is 292 g/mol. The maximum atomic E-state index is 12.2. The first-order valence-electron chi connectivity index (χ1n) is 5.67. The SMILES string of the molecule is Cc1cccc(S(=O)(=O)Nc2cnccc2C(=O)O)c1. The van der Waals surface area contributed by atoms with Crippen molar-refractivity contribution in [2.45, 2.75) is 11.8 Å². The number of hydrogen-bond acceptors (Lipinski definition) is 4. The standard InChI is InChI=1S/C13H12N2O4S/c1-9-3-2-4-10(7-9)20(18,19)15-12-8-14-6-5-11(12)13(16)17/h2-8,15H,1H3,(H,16,17). The fourth-order valence-corrected chi connectivity index (χ4v) is 2.82. The molecule has 0 atom stereocenters. The quantitative estimate of drug-likeness (QED) is 0.897. The number of carboxylic acid groups (broad SMARTS) is 1. The normalized spacial score (nSPS) is 11.1. The van der Waals surface area contributed by atoms with E-state index in [4.69, 9.17) is 5.11 Å². The van der Waals surface area contributed by atoms with E-state index in [2.05, 4.69) is 9.71 Å². The van der Waals surface area contributed by atoms with Gasteiger partial charge in [0.05, 0.1) is 22.3 Å². The molecule has 104 valence electrons. The maximum Gasteiger partial charge on any atom is 0.337 e. The molecule has 2 rings (SSSR count). The van der Waals surface area contributed by atoms with Gasteiger partial charge in [-0.25, -0.2) is 13.2 Å². The monoisotopic (exact) mass is 292 g/mol. The molecule has 0 amide bonds. The van der Waals surface area contributed by atoms with Gasteiger partial charge in [-0.3, -0.25) is 9.71 Å². The van der Waals surface area contributed by atoms with E-state index in [0.717, 1.165) is 11.8 Å². The van der Waals surface area contributed by atoms with Crippen LogP contribution in [0.25, 0.3) is 0 Å². The summed E-state index contributed by atoms with van der Waals surface area (Å²) in [5.41, 5.74) is 0.565. The Morgan fingerprint density at radius 2 is 2.05 bits per heavy atom. The van der Waals surface area contributed by atoms with Gasteiger partial charge in [0.15, 0.2) is 0 Å². The lowest BCUT2D eigenvalue weighted by Crippen LogP contribution is -2.15. The summed E-state index contributed by atoms with van der Waals surface area (Å²) in [6.45, 7) is 1.77. The molecule has 0 aliphatic heterocycles. The van der Waals surface area contributed by atoms with Crippen LogP contribution >= 0.6 is 0 Å². The Bertz CT molecular complexity index is 756. The third-order valence-electron chi connectivity index (χ3n) is 2.60. The first kappa shape index (κ1) is 14.0. The summed E-state index contributed by atoms with van der Waals surface area (Å²) < 4.78 is 26.6. The molecule has 1 heterocycles. The molecule has 0 radical (unpaired) electrons. The van der Waals surface area contributed by atoms with Gasteiger partial charge in [-0.05, 0) is 30.7 Å². The number of pyridine rings is 1. The van der Waals surface area contributed by atoms with Crippen molar-refractivity contribution in [1.29, 1.82) is 0 Å². The van der Waals surface area contributed by atoms with Crippen molar-refractivity contribution in [3.63, 3.8) is 0 Å². The van der Waals surface area contributed by atoms with Crippen LogP contribution in [0.15, 0.2) is 47.6 Å². The lowest BCUT2D eigenvalue weighted by atomic mass is 10.2. The number of aromatic carboxylic acids is 1. The Kier molecular flexibility index (Phi) is 3.71. The summed E-state index contributed by atoms with van der Waals surface area (Å²) >= 11 is 0. The van der Waals surface area contributed by atoms with Gasteiger partial charge in [0.2, 0.25) is 0 Å².